The topological polar surface area (TPSA) is 99.5 Å². The summed E-state index contributed by atoms with van der Waals surface area (Å²) in [6.45, 7) is 1.18. The maximum atomic E-state index is 12.3. The fourth-order valence-corrected chi connectivity index (χ4v) is 3.59. The van der Waals surface area contributed by atoms with Crippen LogP contribution >= 0.6 is 11.8 Å². The van der Waals surface area contributed by atoms with Crippen molar-refractivity contribution in [3.05, 3.63) is 54.1 Å². The van der Waals surface area contributed by atoms with Gasteiger partial charge in [0.05, 0.1) is 23.1 Å². The van der Waals surface area contributed by atoms with Crippen LogP contribution in [0.2, 0.25) is 0 Å². The minimum absolute atomic E-state index is 0.189. The van der Waals surface area contributed by atoms with Gasteiger partial charge in [-0.25, -0.2) is 0 Å². The molecule has 142 valence electrons. The molecule has 0 aliphatic carbocycles. The van der Waals surface area contributed by atoms with Gasteiger partial charge >= 0.3 is 5.97 Å². The third-order valence-electron chi connectivity index (χ3n) is 4.03. The number of carbonyl (C=O) groups excluding carboxylic acids is 3. The summed E-state index contributed by atoms with van der Waals surface area (Å²) >= 11 is 1.42. The standard InChI is InChI=1S/C20H17N3O4S/c1-13(20(26)22-15-6-4-5-14(9-15)10-21)27-19(25)11-23-16-7-2-3-8-17(16)28-12-18(23)24/h2-9,13H,11-12H2,1H3,(H,22,26)/t13-/m1/s1. The first-order valence-electron chi connectivity index (χ1n) is 8.50. The molecule has 7 nitrogen and oxygen atoms in total. The number of ether oxygens (including phenoxy) is 1. The van der Waals surface area contributed by atoms with Crippen LogP contribution in [0.15, 0.2) is 53.4 Å². The van der Waals surface area contributed by atoms with Crippen molar-refractivity contribution in [3.8, 4) is 6.07 Å². The molecule has 1 N–H and O–H groups in total. The number of hydrogen-bond acceptors (Lipinski definition) is 6. The van der Waals surface area contributed by atoms with Gasteiger partial charge in [0.2, 0.25) is 5.91 Å². The van der Waals surface area contributed by atoms with Crippen LogP contribution < -0.4 is 10.2 Å². The van der Waals surface area contributed by atoms with Crippen molar-refractivity contribution < 1.29 is 19.1 Å². The fraction of sp³-hybridized carbons (Fsp3) is 0.200. The maximum absolute atomic E-state index is 12.3. The molecule has 8 heteroatoms. The zero-order valence-corrected chi connectivity index (χ0v) is 15.9. The molecule has 0 spiro atoms. The molecule has 1 atom stereocenters. The van der Waals surface area contributed by atoms with E-state index in [2.05, 4.69) is 5.32 Å². The van der Waals surface area contributed by atoms with Gasteiger partial charge in [0.25, 0.3) is 5.91 Å². The van der Waals surface area contributed by atoms with E-state index < -0.39 is 18.0 Å². The monoisotopic (exact) mass is 395 g/mol. The Labute approximate surface area is 166 Å². The number of benzene rings is 2. The third-order valence-corrected chi connectivity index (χ3v) is 5.08. The summed E-state index contributed by atoms with van der Waals surface area (Å²) < 4.78 is 5.19. The van der Waals surface area contributed by atoms with Crippen LogP contribution in [0.3, 0.4) is 0 Å². The summed E-state index contributed by atoms with van der Waals surface area (Å²) in [4.78, 5) is 39.0. The molecule has 2 aromatic carbocycles. The van der Waals surface area contributed by atoms with Crippen molar-refractivity contribution in [3.63, 3.8) is 0 Å². The Morgan fingerprint density at radius 1 is 1.29 bits per heavy atom. The number of fused-ring (bicyclic) bond motifs is 1. The Hall–Kier alpha value is -3.31. The summed E-state index contributed by atoms with van der Waals surface area (Å²) in [7, 11) is 0. The second kappa shape index (κ2) is 8.59. The van der Waals surface area contributed by atoms with E-state index in [0.717, 1.165) is 4.90 Å². The Morgan fingerprint density at radius 2 is 2.07 bits per heavy atom. The van der Waals surface area contributed by atoms with Crippen LogP contribution in [-0.2, 0) is 19.1 Å². The predicted molar refractivity (Wildman–Crippen MR) is 105 cm³/mol. The molecule has 1 aliphatic rings. The number of anilines is 2. The van der Waals surface area contributed by atoms with Gasteiger partial charge in [0, 0.05) is 10.6 Å². The molecule has 28 heavy (non-hydrogen) atoms. The largest absolute Gasteiger partial charge is 0.451 e. The van der Waals surface area contributed by atoms with E-state index in [1.165, 1.54) is 29.7 Å². The lowest BCUT2D eigenvalue weighted by molar-refractivity contribution is -0.152. The number of nitrogens with one attached hydrogen (secondary N) is 1. The van der Waals surface area contributed by atoms with Crippen LogP contribution in [0.1, 0.15) is 12.5 Å². The van der Waals surface area contributed by atoms with Crippen molar-refractivity contribution in [1.29, 1.82) is 5.26 Å². The summed E-state index contributed by atoms with van der Waals surface area (Å²) in [5.41, 5.74) is 1.50. The average molecular weight is 395 g/mol. The van der Waals surface area contributed by atoms with Gasteiger partial charge in [-0.15, -0.1) is 11.8 Å². The summed E-state index contributed by atoms with van der Waals surface area (Å²) in [6, 6.07) is 15.7. The van der Waals surface area contributed by atoms with Crippen LogP contribution in [0, 0.1) is 11.3 Å². The first-order chi connectivity index (χ1) is 13.5. The molecule has 0 bridgehead atoms. The lowest BCUT2D eigenvalue weighted by Gasteiger charge is -2.28. The molecular formula is C20H17N3O4S. The van der Waals surface area contributed by atoms with Gasteiger partial charge in [-0.3, -0.25) is 19.3 Å². The van der Waals surface area contributed by atoms with E-state index in [1.54, 1.807) is 30.3 Å². The number of nitriles is 1. The van der Waals surface area contributed by atoms with E-state index >= 15 is 0 Å². The van der Waals surface area contributed by atoms with Crippen molar-refractivity contribution >= 4 is 40.9 Å². The average Bonchev–Trinajstić information content (AvgIpc) is 2.70. The Bertz CT molecular complexity index is 970. The first kappa shape index (κ1) is 19.5. The number of hydrogen-bond donors (Lipinski definition) is 1. The molecular weight excluding hydrogens is 378 g/mol. The van der Waals surface area contributed by atoms with Crippen LogP contribution in [-0.4, -0.2) is 36.2 Å². The molecule has 0 fully saturated rings. The van der Waals surface area contributed by atoms with E-state index in [0.29, 0.717) is 16.9 Å². The minimum Gasteiger partial charge on any atom is -0.451 e. The molecule has 1 aliphatic heterocycles. The second-order valence-electron chi connectivity index (χ2n) is 6.05. The van der Waals surface area contributed by atoms with E-state index in [4.69, 9.17) is 10.00 Å². The maximum Gasteiger partial charge on any atom is 0.326 e. The molecule has 0 radical (unpaired) electrons. The van der Waals surface area contributed by atoms with E-state index in [9.17, 15) is 14.4 Å². The Balaban J connectivity index is 1.60. The highest BCUT2D eigenvalue weighted by Crippen LogP contribution is 2.34. The Kier molecular flexibility index (Phi) is 5.96. The third kappa shape index (κ3) is 4.50. The van der Waals surface area contributed by atoms with Crippen LogP contribution in [0.4, 0.5) is 11.4 Å². The van der Waals surface area contributed by atoms with Crippen molar-refractivity contribution in [2.75, 3.05) is 22.5 Å². The fourth-order valence-electron chi connectivity index (χ4n) is 2.65. The lowest BCUT2D eigenvalue weighted by Crippen LogP contribution is -2.41. The zero-order chi connectivity index (χ0) is 20.1. The highest BCUT2D eigenvalue weighted by Gasteiger charge is 2.28. The first-order valence-corrected chi connectivity index (χ1v) is 9.49. The number of para-hydroxylation sites is 1. The number of amides is 2. The van der Waals surface area contributed by atoms with Crippen molar-refractivity contribution in [1.82, 2.24) is 0 Å². The number of rotatable bonds is 5. The zero-order valence-electron chi connectivity index (χ0n) is 15.0. The molecule has 0 unspecified atom stereocenters. The molecule has 0 saturated heterocycles. The quantitative estimate of drug-likeness (QED) is 0.781. The van der Waals surface area contributed by atoms with Crippen molar-refractivity contribution in [2.45, 2.75) is 17.9 Å². The van der Waals surface area contributed by atoms with Gasteiger partial charge in [-0.2, -0.15) is 5.26 Å². The molecule has 1 heterocycles. The normalized spacial score (nSPS) is 13.9. The van der Waals surface area contributed by atoms with E-state index in [-0.39, 0.29) is 18.2 Å². The number of thioether (sulfide) groups is 1. The van der Waals surface area contributed by atoms with E-state index in [1.807, 2.05) is 18.2 Å². The van der Waals surface area contributed by atoms with Crippen LogP contribution in [0.5, 0.6) is 0 Å². The van der Waals surface area contributed by atoms with Gasteiger partial charge < -0.3 is 10.1 Å². The number of nitrogens with zero attached hydrogens (tertiary/aromatic N) is 2. The highest BCUT2D eigenvalue weighted by molar-refractivity contribution is 8.00. The predicted octanol–water partition coefficient (Wildman–Crippen LogP) is 2.57. The van der Waals surface area contributed by atoms with Gasteiger partial charge in [0.1, 0.15) is 6.54 Å². The minimum atomic E-state index is -1.05. The summed E-state index contributed by atoms with van der Waals surface area (Å²) in [6.07, 6.45) is -1.05. The molecule has 0 saturated carbocycles. The van der Waals surface area contributed by atoms with Crippen molar-refractivity contribution in [2.24, 2.45) is 0 Å². The van der Waals surface area contributed by atoms with Gasteiger partial charge in [0.15, 0.2) is 6.10 Å². The smallest absolute Gasteiger partial charge is 0.326 e. The molecule has 0 aromatic heterocycles. The molecule has 2 amide bonds. The Morgan fingerprint density at radius 3 is 2.86 bits per heavy atom. The highest BCUT2D eigenvalue weighted by atomic mass is 32.2. The lowest BCUT2D eigenvalue weighted by atomic mass is 10.2. The van der Waals surface area contributed by atoms with Gasteiger partial charge in [-0.05, 0) is 37.3 Å². The second-order valence-corrected chi connectivity index (χ2v) is 7.07. The van der Waals surface area contributed by atoms with Gasteiger partial charge in [-0.1, -0.05) is 18.2 Å². The SMILES string of the molecule is C[C@@H](OC(=O)CN1C(=O)CSc2ccccc21)C(=O)Nc1cccc(C#N)c1. The number of esters is 1. The molecule has 2 aromatic rings. The summed E-state index contributed by atoms with van der Waals surface area (Å²) in [5.74, 6) is -1.14. The number of carbonyl (C=O) groups is 3. The van der Waals surface area contributed by atoms with Crippen LogP contribution in [0.25, 0.3) is 0 Å². The summed E-state index contributed by atoms with van der Waals surface area (Å²) in [5, 5.41) is 11.5. The molecule has 3 rings (SSSR count).